The third-order valence-corrected chi connectivity index (χ3v) is 3.85. The molecule has 3 nitrogen and oxygen atoms in total. The summed E-state index contributed by atoms with van der Waals surface area (Å²) in [6.07, 6.45) is 1.54. The first-order chi connectivity index (χ1) is 8.99. The Labute approximate surface area is 116 Å². The van der Waals surface area contributed by atoms with Gasteiger partial charge in [-0.05, 0) is 51.3 Å². The van der Waals surface area contributed by atoms with E-state index >= 15 is 0 Å². The summed E-state index contributed by atoms with van der Waals surface area (Å²) in [6, 6.07) is 7.28. The van der Waals surface area contributed by atoms with Crippen LogP contribution in [0, 0.1) is 0 Å². The summed E-state index contributed by atoms with van der Waals surface area (Å²) in [7, 11) is 0. The van der Waals surface area contributed by atoms with E-state index in [1.165, 1.54) is 11.1 Å². The van der Waals surface area contributed by atoms with Gasteiger partial charge in [0.1, 0.15) is 0 Å². The Kier molecular flexibility index (Phi) is 4.25. The Hall–Kier alpha value is -1.35. The van der Waals surface area contributed by atoms with Crippen molar-refractivity contribution in [2.45, 2.75) is 52.6 Å². The van der Waals surface area contributed by atoms with Gasteiger partial charge in [-0.1, -0.05) is 12.1 Å². The van der Waals surface area contributed by atoms with Crippen molar-refractivity contribution in [2.24, 2.45) is 0 Å². The van der Waals surface area contributed by atoms with Gasteiger partial charge >= 0.3 is 0 Å². The lowest BCUT2D eigenvalue weighted by molar-refractivity contribution is -0.115. The summed E-state index contributed by atoms with van der Waals surface area (Å²) in [5.74, 6) is 0.118. The number of rotatable bonds is 5. The maximum absolute atomic E-state index is 11.5. The largest absolute Gasteiger partial charge is 0.326 e. The molecule has 0 fully saturated rings. The maximum atomic E-state index is 11.5. The van der Waals surface area contributed by atoms with E-state index in [1.807, 2.05) is 12.1 Å². The number of hydrogen-bond donors (Lipinski definition) is 1. The number of fused-ring (bicyclic) bond motifs is 1. The number of nitrogens with zero attached hydrogens (tertiary/aromatic N) is 1. The number of nitrogens with one attached hydrogen (secondary N) is 1. The highest BCUT2D eigenvalue weighted by atomic mass is 16.1. The molecule has 2 rings (SSSR count). The van der Waals surface area contributed by atoms with Crippen LogP contribution in [0.2, 0.25) is 0 Å². The predicted molar refractivity (Wildman–Crippen MR) is 79.5 cm³/mol. The zero-order valence-electron chi connectivity index (χ0n) is 12.4. The monoisotopic (exact) mass is 260 g/mol. The van der Waals surface area contributed by atoms with Crippen LogP contribution in [-0.2, 0) is 17.6 Å². The fraction of sp³-hybridized carbons (Fsp3) is 0.562. The summed E-state index contributed by atoms with van der Waals surface area (Å²) < 4.78 is 0. The first kappa shape index (κ1) is 14.1. The van der Waals surface area contributed by atoms with Crippen LogP contribution in [0.5, 0.6) is 0 Å². The number of benzene rings is 1. The summed E-state index contributed by atoms with van der Waals surface area (Å²) in [5, 5.41) is 2.92. The van der Waals surface area contributed by atoms with Crippen LogP contribution in [0.3, 0.4) is 0 Å². The van der Waals surface area contributed by atoms with Crippen molar-refractivity contribution >= 4 is 11.6 Å². The molecule has 19 heavy (non-hydrogen) atoms. The molecule has 104 valence electrons. The first-order valence-electron chi connectivity index (χ1n) is 7.15. The zero-order valence-corrected chi connectivity index (χ0v) is 12.4. The highest BCUT2D eigenvalue weighted by Gasteiger charge is 2.21. The molecule has 1 heterocycles. The van der Waals surface area contributed by atoms with Gasteiger partial charge in [-0.15, -0.1) is 0 Å². The molecular weight excluding hydrogens is 236 g/mol. The Morgan fingerprint density at radius 3 is 2.53 bits per heavy atom. The minimum absolute atomic E-state index is 0.118. The molecule has 1 aromatic rings. The number of amides is 1. The standard InChI is InChI=1S/C16H24N2O/c1-11(2)18(12(3)4)9-8-13-6-5-7-15-14(13)10-16(19)17-15/h5-7,11-12H,8-10H2,1-4H3,(H,17,19). The van der Waals surface area contributed by atoms with Crippen molar-refractivity contribution in [3.8, 4) is 0 Å². The summed E-state index contributed by atoms with van der Waals surface area (Å²) in [5.41, 5.74) is 3.50. The number of anilines is 1. The number of carbonyl (C=O) groups is 1. The fourth-order valence-corrected chi connectivity index (χ4v) is 2.91. The summed E-state index contributed by atoms with van der Waals surface area (Å²) in [6.45, 7) is 9.99. The molecule has 0 radical (unpaired) electrons. The third-order valence-electron chi connectivity index (χ3n) is 3.85. The van der Waals surface area contributed by atoms with Gasteiger partial charge < -0.3 is 5.32 Å². The number of hydrogen-bond acceptors (Lipinski definition) is 2. The molecule has 0 spiro atoms. The van der Waals surface area contributed by atoms with Crippen LogP contribution in [0.1, 0.15) is 38.8 Å². The van der Waals surface area contributed by atoms with Gasteiger partial charge in [-0.2, -0.15) is 0 Å². The van der Waals surface area contributed by atoms with Crippen molar-refractivity contribution in [3.05, 3.63) is 29.3 Å². The van der Waals surface area contributed by atoms with E-state index in [9.17, 15) is 4.79 Å². The van der Waals surface area contributed by atoms with Crippen molar-refractivity contribution in [1.29, 1.82) is 0 Å². The minimum Gasteiger partial charge on any atom is -0.326 e. The molecule has 0 aromatic heterocycles. The predicted octanol–water partition coefficient (Wildman–Crippen LogP) is 2.84. The Morgan fingerprint density at radius 1 is 1.21 bits per heavy atom. The topological polar surface area (TPSA) is 32.3 Å². The normalized spacial score (nSPS) is 14.4. The van der Waals surface area contributed by atoms with E-state index < -0.39 is 0 Å². The molecule has 1 N–H and O–H groups in total. The average Bonchev–Trinajstić information content (AvgIpc) is 2.69. The van der Waals surface area contributed by atoms with Crippen molar-refractivity contribution in [1.82, 2.24) is 4.90 Å². The van der Waals surface area contributed by atoms with Gasteiger partial charge in [0.15, 0.2) is 0 Å². The van der Waals surface area contributed by atoms with Gasteiger partial charge in [0.05, 0.1) is 6.42 Å². The second-order valence-electron chi connectivity index (χ2n) is 5.84. The second-order valence-corrected chi connectivity index (χ2v) is 5.84. The molecule has 3 heteroatoms. The van der Waals surface area contributed by atoms with Gasteiger partial charge in [-0.25, -0.2) is 0 Å². The molecule has 1 aromatic carbocycles. The summed E-state index contributed by atoms with van der Waals surface area (Å²) in [4.78, 5) is 14.0. The highest BCUT2D eigenvalue weighted by Crippen LogP contribution is 2.26. The van der Waals surface area contributed by atoms with Crippen molar-refractivity contribution in [3.63, 3.8) is 0 Å². The van der Waals surface area contributed by atoms with Crippen molar-refractivity contribution in [2.75, 3.05) is 11.9 Å². The van der Waals surface area contributed by atoms with E-state index in [-0.39, 0.29) is 5.91 Å². The van der Waals surface area contributed by atoms with E-state index in [1.54, 1.807) is 0 Å². The van der Waals surface area contributed by atoms with Crippen LogP contribution >= 0.6 is 0 Å². The van der Waals surface area contributed by atoms with E-state index in [0.29, 0.717) is 18.5 Å². The molecule has 0 saturated carbocycles. The third kappa shape index (κ3) is 3.16. The molecular formula is C16H24N2O. The van der Waals surface area contributed by atoms with E-state index in [4.69, 9.17) is 0 Å². The SMILES string of the molecule is CC(C)N(CCc1cccc2c1CC(=O)N2)C(C)C. The Bertz CT molecular complexity index is 458. The van der Waals surface area contributed by atoms with E-state index in [2.05, 4.69) is 44.0 Å². The van der Waals surface area contributed by atoms with Gasteiger partial charge in [0.25, 0.3) is 0 Å². The van der Waals surface area contributed by atoms with Crippen LogP contribution < -0.4 is 5.32 Å². The quantitative estimate of drug-likeness (QED) is 0.883. The van der Waals surface area contributed by atoms with E-state index in [0.717, 1.165) is 18.7 Å². The lowest BCUT2D eigenvalue weighted by Crippen LogP contribution is -2.38. The zero-order chi connectivity index (χ0) is 14.0. The second kappa shape index (κ2) is 5.74. The van der Waals surface area contributed by atoms with Gasteiger partial charge in [0, 0.05) is 24.3 Å². The summed E-state index contributed by atoms with van der Waals surface area (Å²) >= 11 is 0. The Morgan fingerprint density at radius 2 is 1.89 bits per heavy atom. The Balaban J connectivity index is 2.09. The average molecular weight is 260 g/mol. The van der Waals surface area contributed by atoms with Gasteiger partial charge in [0.2, 0.25) is 5.91 Å². The molecule has 0 atom stereocenters. The van der Waals surface area contributed by atoms with Crippen LogP contribution in [0.4, 0.5) is 5.69 Å². The van der Waals surface area contributed by atoms with Crippen LogP contribution in [-0.4, -0.2) is 29.4 Å². The van der Waals surface area contributed by atoms with Crippen LogP contribution in [0.25, 0.3) is 0 Å². The molecule has 0 unspecified atom stereocenters. The van der Waals surface area contributed by atoms with Gasteiger partial charge in [-0.3, -0.25) is 9.69 Å². The number of carbonyl (C=O) groups excluding carboxylic acids is 1. The lowest BCUT2D eigenvalue weighted by Gasteiger charge is -2.30. The van der Waals surface area contributed by atoms with Crippen molar-refractivity contribution < 1.29 is 4.79 Å². The fourth-order valence-electron chi connectivity index (χ4n) is 2.91. The molecule has 1 aliphatic rings. The molecule has 0 bridgehead atoms. The first-order valence-corrected chi connectivity index (χ1v) is 7.15. The molecule has 0 aliphatic carbocycles. The lowest BCUT2D eigenvalue weighted by atomic mass is 10.0. The maximum Gasteiger partial charge on any atom is 0.228 e. The van der Waals surface area contributed by atoms with Crippen LogP contribution in [0.15, 0.2) is 18.2 Å². The minimum atomic E-state index is 0.118. The smallest absolute Gasteiger partial charge is 0.228 e. The molecule has 1 amide bonds. The highest BCUT2D eigenvalue weighted by molar-refractivity contribution is 5.99. The molecule has 1 aliphatic heterocycles. The molecule has 0 saturated heterocycles.